The summed E-state index contributed by atoms with van der Waals surface area (Å²) in [6.07, 6.45) is 1.46. The lowest BCUT2D eigenvalue weighted by Gasteiger charge is -2.33. The van der Waals surface area contributed by atoms with Crippen molar-refractivity contribution in [1.82, 2.24) is 10.2 Å². The monoisotopic (exact) mass is 552 g/mol. The fourth-order valence-corrected chi connectivity index (χ4v) is 5.00. The van der Waals surface area contributed by atoms with Crippen LogP contribution >= 0.6 is 11.6 Å². The van der Waals surface area contributed by atoms with Crippen LogP contribution in [0.4, 0.5) is 0 Å². The third-order valence-corrected chi connectivity index (χ3v) is 7.57. The van der Waals surface area contributed by atoms with Crippen molar-refractivity contribution < 1.29 is 9.59 Å². The van der Waals surface area contributed by atoms with Gasteiger partial charge in [-0.2, -0.15) is 0 Å². The Hall–Kier alpha value is -3.89. The van der Waals surface area contributed by atoms with Crippen molar-refractivity contribution in [3.63, 3.8) is 0 Å². The topological polar surface area (TPSA) is 49.4 Å². The molecule has 4 aromatic rings. The molecular weight excluding hydrogens is 516 g/mol. The van der Waals surface area contributed by atoms with E-state index in [2.05, 4.69) is 29.6 Å². The molecule has 0 aliphatic carbocycles. The number of benzene rings is 4. The van der Waals surface area contributed by atoms with Crippen LogP contribution in [0.3, 0.4) is 0 Å². The Kier molecular flexibility index (Phi) is 10.5. The molecule has 0 radical (unpaired) electrons. The highest BCUT2D eigenvalue weighted by atomic mass is 35.5. The molecule has 5 heteroatoms. The van der Waals surface area contributed by atoms with Crippen molar-refractivity contribution >= 4 is 23.4 Å². The van der Waals surface area contributed by atoms with Crippen molar-refractivity contribution in [2.75, 3.05) is 0 Å². The second-order valence-corrected chi connectivity index (χ2v) is 10.7. The van der Waals surface area contributed by atoms with Crippen LogP contribution in [0.25, 0.3) is 0 Å². The van der Waals surface area contributed by atoms with Gasteiger partial charge in [0.1, 0.15) is 6.04 Å². The molecule has 2 atom stereocenters. The minimum absolute atomic E-state index is 0.000330. The van der Waals surface area contributed by atoms with Crippen LogP contribution in [0.1, 0.15) is 54.9 Å². The zero-order valence-electron chi connectivity index (χ0n) is 23.2. The van der Waals surface area contributed by atoms with E-state index in [1.807, 2.05) is 105 Å². The molecule has 1 N–H and O–H groups in total. The van der Waals surface area contributed by atoms with Crippen LogP contribution in [0.2, 0.25) is 5.02 Å². The number of rotatable bonds is 12. The van der Waals surface area contributed by atoms with Gasteiger partial charge in [0.25, 0.3) is 0 Å². The Bertz CT molecular complexity index is 1310. The van der Waals surface area contributed by atoms with Crippen molar-refractivity contribution in [2.24, 2.45) is 0 Å². The Morgan fingerprint density at radius 3 is 1.80 bits per heavy atom. The van der Waals surface area contributed by atoms with Gasteiger partial charge in [-0.1, -0.05) is 122 Å². The molecule has 2 amide bonds. The average molecular weight is 553 g/mol. The summed E-state index contributed by atoms with van der Waals surface area (Å²) in [6.45, 7) is 4.33. The molecule has 0 saturated carbocycles. The molecule has 0 aliphatic heterocycles. The van der Waals surface area contributed by atoms with Gasteiger partial charge in [0.15, 0.2) is 0 Å². The summed E-state index contributed by atoms with van der Waals surface area (Å²) < 4.78 is 0. The molecule has 2 unspecified atom stereocenters. The van der Waals surface area contributed by atoms with Crippen molar-refractivity contribution in [2.45, 2.75) is 57.7 Å². The maximum absolute atomic E-state index is 14.4. The smallest absolute Gasteiger partial charge is 0.243 e. The Morgan fingerprint density at radius 2 is 1.27 bits per heavy atom. The van der Waals surface area contributed by atoms with Crippen LogP contribution in [0, 0.1) is 0 Å². The molecule has 0 bridgehead atoms. The first-order chi connectivity index (χ1) is 19.4. The molecule has 4 aromatic carbocycles. The third-order valence-electron chi connectivity index (χ3n) is 7.32. The SMILES string of the molecule is CCC(C)NC(=O)C(Cc1ccccc1)N(Cc1ccc(Cl)cc1)C(=O)CC(c1ccccc1)c1ccccc1. The summed E-state index contributed by atoms with van der Waals surface area (Å²) >= 11 is 6.16. The van der Waals surface area contributed by atoms with Crippen LogP contribution < -0.4 is 5.32 Å². The Labute approximate surface area is 243 Å². The van der Waals surface area contributed by atoms with Crippen molar-refractivity contribution in [3.8, 4) is 0 Å². The number of carbonyl (C=O) groups excluding carboxylic acids is 2. The molecule has 40 heavy (non-hydrogen) atoms. The van der Waals surface area contributed by atoms with Crippen LogP contribution in [-0.2, 0) is 22.6 Å². The summed E-state index contributed by atoms with van der Waals surface area (Å²) in [7, 11) is 0. The van der Waals surface area contributed by atoms with Crippen molar-refractivity contribution in [3.05, 3.63) is 143 Å². The second kappa shape index (κ2) is 14.5. The van der Waals surface area contributed by atoms with Crippen LogP contribution in [0.5, 0.6) is 0 Å². The normalized spacial score (nSPS) is 12.5. The quantitative estimate of drug-likeness (QED) is 0.199. The fourth-order valence-electron chi connectivity index (χ4n) is 4.87. The van der Waals surface area contributed by atoms with Gasteiger partial charge in [-0.25, -0.2) is 0 Å². The summed E-state index contributed by atoms with van der Waals surface area (Å²) in [5.74, 6) is -0.359. The van der Waals surface area contributed by atoms with E-state index in [0.717, 1.165) is 28.7 Å². The molecular formula is C35H37ClN2O2. The summed E-state index contributed by atoms with van der Waals surface area (Å²) in [6, 6.07) is 36.9. The largest absolute Gasteiger partial charge is 0.352 e. The maximum atomic E-state index is 14.4. The number of nitrogens with one attached hydrogen (secondary N) is 1. The average Bonchev–Trinajstić information content (AvgIpc) is 2.99. The summed E-state index contributed by atoms with van der Waals surface area (Å²) in [4.78, 5) is 29.9. The van der Waals surface area contributed by atoms with E-state index in [1.165, 1.54) is 0 Å². The predicted octanol–water partition coefficient (Wildman–Crippen LogP) is 7.42. The maximum Gasteiger partial charge on any atom is 0.243 e. The first-order valence-corrected chi connectivity index (χ1v) is 14.3. The number of hydrogen-bond acceptors (Lipinski definition) is 2. The lowest BCUT2D eigenvalue weighted by Crippen LogP contribution is -2.52. The van der Waals surface area contributed by atoms with E-state index >= 15 is 0 Å². The molecule has 0 fully saturated rings. The molecule has 0 saturated heterocycles. The highest BCUT2D eigenvalue weighted by Gasteiger charge is 2.32. The van der Waals surface area contributed by atoms with E-state index < -0.39 is 6.04 Å². The lowest BCUT2D eigenvalue weighted by molar-refractivity contribution is -0.141. The summed E-state index contributed by atoms with van der Waals surface area (Å²) in [5.41, 5.74) is 4.06. The first kappa shape index (κ1) is 29.1. The zero-order valence-corrected chi connectivity index (χ0v) is 23.9. The van der Waals surface area contributed by atoms with Crippen LogP contribution in [0.15, 0.2) is 115 Å². The molecule has 4 nitrogen and oxygen atoms in total. The standard InChI is InChI=1S/C35H37ClN2O2/c1-3-26(2)37-35(40)33(23-27-13-7-4-8-14-27)38(25-28-19-21-31(36)22-20-28)34(39)24-32(29-15-9-5-10-16-29)30-17-11-6-12-18-30/h4-22,26,32-33H,3,23-25H2,1-2H3,(H,37,40). The fraction of sp³-hybridized carbons (Fsp3) is 0.257. The molecule has 4 rings (SSSR count). The zero-order chi connectivity index (χ0) is 28.3. The summed E-state index contributed by atoms with van der Waals surface area (Å²) in [5, 5.41) is 3.77. The highest BCUT2D eigenvalue weighted by Crippen LogP contribution is 2.30. The number of halogens is 1. The van der Waals surface area contributed by atoms with Gasteiger partial charge in [0.05, 0.1) is 0 Å². The second-order valence-electron chi connectivity index (χ2n) is 10.2. The van der Waals surface area contributed by atoms with E-state index in [1.54, 1.807) is 4.90 Å². The third kappa shape index (κ3) is 8.06. The van der Waals surface area contributed by atoms with Crippen LogP contribution in [-0.4, -0.2) is 28.8 Å². The van der Waals surface area contributed by atoms with Gasteiger partial charge in [-0.3, -0.25) is 9.59 Å². The number of amides is 2. The number of hydrogen-bond donors (Lipinski definition) is 1. The minimum Gasteiger partial charge on any atom is -0.352 e. The molecule has 0 aromatic heterocycles. The lowest BCUT2D eigenvalue weighted by atomic mass is 9.87. The van der Waals surface area contributed by atoms with Gasteiger partial charge < -0.3 is 10.2 Å². The first-order valence-electron chi connectivity index (χ1n) is 13.9. The Balaban J connectivity index is 1.73. The van der Waals surface area contributed by atoms with E-state index in [9.17, 15) is 9.59 Å². The van der Waals surface area contributed by atoms with E-state index in [4.69, 9.17) is 11.6 Å². The predicted molar refractivity (Wildman–Crippen MR) is 163 cm³/mol. The molecule has 0 spiro atoms. The van der Waals surface area contributed by atoms with Gasteiger partial charge in [-0.15, -0.1) is 0 Å². The van der Waals surface area contributed by atoms with Gasteiger partial charge in [-0.05, 0) is 47.7 Å². The van der Waals surface area contributed by atoms with Crippen molar-refractivity contribution in [1.29, 1.82) is 0 Å². The molecule has 0 heterocycles. The van der Waals surface area contributed by atoms with E-state index in [-0.39, 0.29) is 30.2 Å². The Morgan fingerprint density at radius 1 is 0.750 bits per heavy atom. The highest BCUT2D eigenvalue weighted by molar-refractivity contribution is 6.30. The van der Waals surface area contributed by atoms with E-state index in [0.29, 0.717) is 18.0 Å². The minimum atomic E-state index is -0.674. The molecule has 206 valence electrons. The van der Waals surface area contributed by atoms with Gasteiger partial charge in [0, 0.05) is 36.4 Å². The van der Waals surface area contributed by atoms with Gasteiger partial charge >= 0.3 is 0 Å². The molecule has 0 aliphatic rings. The number of nitrogens with zero attached hydrogens (tertiary/aromatic N) is 1. The van der Waals surface area contributed by atoms with Gasteiger partial charge in [0.2, 0.25) is 11.8 Å². The number of carbonyl (C=O) groups is 2.